The van der Waals surface area contributed by atoms with Crippen molar-refractivity contribution in [2.45, 2.75) is 56.0 Å². The van der Waals surface area contributed by atoms with Gasteiger partial charge in [-0.2, -0.15) is 0 Å². The number of sulfonamides is 1. The molecule has 47 heavy (non-hydrogen) atoms. The van der Waals surface area contributed by atoms with E-state index in [-0.39, 0.29) is 23.8 Å². The number of hydrogen-bond donors (Lipinski definition) is 1. The summed E-state index contributed by atoms with van der Waals surface area (Å²) in [5.41, 5.74) is 3.02. The van der Waals surface area contributed by atoms with E-state index in [0.717, 1.165) is 32.3 Å². The van der Waals surface area contributed by atoms with Gasteiger partial charge in [0.15, 0.2) is 0 Å². The third-order valence-corrected chi connectivity index (χ3v) is 10.3. The highest BCUT2D eigenvalue weighted by atomic mass is 32.2. The van der Waals surface area contributed by atoms with Crippen molar-refractivity contribution in [3.63, 3.8) is 0 Å². The SMILES string of the molecule is CCCNC(=O)[C@@H](Cc1ccccc1)N(Cc1ccccc1C)C(=O)CN(c1ccc(OCC)cc1)S(=O)(=O)c1ccc(SC)cc1. The molecule has 0 radical (unpaired) electrons. The number of nitrogens with one attached hydrogen (secondary N) is 1. The maximum absolute atomic E-state index is 14.6. The molecule has 0 spiro atoms. The molecule has 1 atom stereocenters. The highest BCUT2D eigenvalue weighted by Crippen LogP contribution is 2.28. The van der Waals surface area contributed by atoms with Crippen molar-refractivity contribution in [3.8, 4) is 5.75 Å². The number of anilines is 1. The Balaban J connectivity index is 1.80. The van der Waals surface area contributed by atoms with Crippen LogP contribution in [0.5, 0.6) is 5.75 Å². The summed E-state index contributed by atoms with van der Waals surface area (Å²) in [5, 5.41) is 2.98. The quantitative estimate of drug-likeness (QED) is 0.137. The molecule has 10 heteroatoms. The molecule has 0 heterocycles. The van der Waals surface area contributed by atoms with Crippen molar-refractivity contribution in [1.82, 2.24) is 10.2 Å². The van der Waals surface area contributed by atoms with Crippen LogP contribution in [0.3, 0.4) is 0 Å². The number of rotatable bonds is 16. The number of aryl methyl sites for hydroxylation is 1. The molecule has 1 N–H and O–H groups in total. The van der Waals surface area contributed by atoms with Gasteiger partial charge in [-0.15, -0.1) is 11.8 Å². The molecule has 0 aromatic heterocycles. The van der Waals surface area contributed by atoms with Crippen molar-refractivity contribution in [3.05, 3.63) is 120 Å². The predicted octanol–water partition coefficient (Wildman–Crippen LogP) is 6.48. The number of thioether (sulfide) groups is 1. The van der Waals surface area contributed by atoms with Gasteiger partial charge >= 0.3 is 0 Å². The molecule has 0 saturated heterocycles. The van der Waals surface area contributed by atoms with Crippen molar-refractivity contribution < 1.29 is 22.7 Å². The topological polar surface area (TPSA) is 96.0 Å². The van der Waals surface area contributed by atoms with E-state index in [9.17, 15) is 18.0 Å². The summed E-state index contributed by atoms with van der Waals surface area (Å²) < 4.78 is 35.3. The fourth-order valence-corrected chi connectivity index (χ4v) is 6.99. The minimum absolute atomic E-state index is 0.0592. The maximum Gasteiger partial charge on any atom is 0.264 e. The van der Waals surface area contributed by atoms with Gasteiger partial charge in [0.1, 0.15) is 18.3 Å². The Morgan fingerprint density at radius 1 is 0.872 bits per heavy atom. The first-order valence-corrected chi connectivity index (χ1v) is 18.4. The van der Waals surface area contributed by atoms with E-state index in [2.05, 4.69) is 5.32 Å². The summed E-state index contributed by atoms with van der Waals surface area (Å²) in [5.74, 6) is -0.208. The van der Waals surface area contributed by atoms with E-state index in [1.807, 2.05) is 81.6 Å². The predicted molar refractivity (Wildman–Crippen MR) is 189 cm³/mol. The van der Waals surface area contributed by atoms with Crippen LogP contribution < -0.4 is 14.4 Å². The first-order chi connectivity index (χ1) is 22.7. The zero-order valence-electron chi connectivity index (χ0n) is 27.4. The van der Waals surface area contributed by atoms with Crippen LogP contribution in [0.25, 0.3) is 0 Å². The lowest BCUT2D eigenvalue weighted by Gasteiger charge is -2.34. The summed E-state index contributed by atoms with van der Waals surface area (Å²) in [6.45, 7) is 6.31. The first-order valence-electron chi connectivity index (χ1n) is 15.7. The average molecular weight is 674 g/mol. The second kappa shape index (κ2) is 17.0. The average Bonchev–Trinajstić information content (AvgIpc) is 3.09. The lowest BCUT2D eigenvalue weighted by molar-refractivity contribution is -0.140. The van der Waals surface area contributed by atoms with Crippen molar-refractivity contribution in [2.75, 3.05) is 30.3 Å². The van der Waals surface area contributed by atoms with E-state index in [4.69, 9.17) is 4.74 Å². The van der Waals surface area contributed by atoms with Crippen LogP contribution in [0.2, 0.25) is 0 Å². The summed E-state index contributed by atoms with van der Waals surface area (Å²) >= 11 is 1.51. The van der Waals surface area contributed by atoms with Crippen molar-refractivity contribution in [1.29, 1.82) is 0 Å². The number of benzene rings is 4. The third-order valence-electron chi connectivity index (χ3n) is 7.78. The molecule has 0 aliphatic rings. The smallest absolute Gasteiger partial charge is 0.264 e. The highest BCUT2D eigenvalue weighted by Gasteiger charge is 2.34. The Morgan fingerprint density at radius 2 is 1.53 bits per heavy atom. The summed E-state index contributed by atoms with van der Waals surface area (Å²) in [4.78, 5) is 30.9. The molecule has 0 aliphatic carbocycles. The van der Waals surface area contributed by atoms with Crippen molar-refractivity contribution in [2.24, 2.45) is 0 Å². The van der Waals surface area contributed by atoms with Crippen LogP contribution in [0.1, 0.15) is 37.0 Å². The van der Waals surface area contributed by atoms with Crippen LogP contribution >= 0.6 is 11.8 Å². The minimum atomic E-state index is -4.20. The molecular formula is C37H43N3O5S2. The minimum Gasteiger partial charge on any atom is -0.494 e. The molecule has 0 aliphatic heterocycles. The lowest BCUT2D eigenvalue weighted by atomic mass is 10.0. The Morgan fingerprint density at radius 3 is 2.15 bits per heavy atom. The number of carbonyl (C=O) groups is 2. The third kappa shape index (κ3) is 9.39. The van der Waals surface area contributed by atoms with Crippen LogP contribution in [0.15, 0.2) is 113 Å². The molecule has 2 amide bonds. The molecule has 0 saturated carbocycles. The van der Waals surface area contributed by atoms with Gasteiger partial charge < -0.3 is 15.0 Å². The molecule has 248 valence electrons. The van der Waals surface area contributed by atoms with E-state index in [0.29, 0.717) is 24.6 Å². The van der Waals surface area contributed by atoms with Gasteiger partial charge in [-0.25, -0.2) is 8.42 Å². The maximum atomic E-state index is 14.6. The number of nitrogens with zero attached hydrogens (tertiary/aromatic N) is 2. The van der Waals surface area contributed by atoms with Crippen LogP contribution in [0.4, 0.5) is 5.69 Å². The summed E-state index contributed by atoms with van der Waals surface area (Å²) in [6.07, 6.45) is 2.91. The molecule has 0 unspecified atom stereocenters. The Hall–Kier alpha value is -4.28. The van der Waals surface area contributed by atoms with Gasteiger partial charge in [0.25, 0.3) is 10.0 Å². The second-order valence-electron chi connectivity index (χ2n) is 11.1. The van der Waals surface area contributed by atoms with Crippen molar-refractivity contribution >= 4 is 39.3 Å². The first kappa shape index (κ1) is 35.6. The van der Waals surface area contributed by atoms with Gasteiger partial charge in [-0.1, -0.05) is 61.5 Å². The molecule has 4 rings (SSSR count). The van der Waals surface area contributed by atoms with Crippen LogP contribution in [-0.2, 0) is 32.6 Å². The zero-order valence-corrected chi connectivity index (χ0v) is 29.0. The second-order valence-corrected chi connectivity index (χ2v) is 13.8. The highest BCUT2D eigenvalue weighted by molar-refractivity contribution is 7.98. The molecule has 0 bridgehead atoms. The Labute approximate surface area is 283 Å². The Kier molecular flexibility index (Phi) is 12.9. The summed E-state index contributed by atoms with van der Waals surface area (Å²) in [6, 6.07) is 29.6. The van der Waals surface area contributed by atoms with E-state index in [1.165, 1.54) is 16.7 Å². The normalized spacial score (nSPS) is 11.8. The van der Waals surface area contributed by atoms with E-state index in [1.54, 1.807) is 48.5 Å². The van der Waals surface area contributed by atoms with Crippen LogP contribution in [0, 0.1) is 6.92 Å². The molecular weight excluding hydrogens is 631 g/mol. The molecule has 0 fully saturated rings. The largest absolute Gasteiger partial charge is 0.494 e. The fourth-order valence-electron chi connectivity index (χ4n) is 5.17. The monoisotopic (exact) mass is 673 g/mol. The number of ether oxygens (including phenoxy) is 1. The molecule has 4 aromatic rings. The fraction of sp³-hybridized carbons (Fsp3) is 0.297. The van der Waals surface area contributed by atoms with Gasteiger partial charge in [0.05, 0.1) is 17.2 Å². The molecule has 4 aromatic carbocycles. The summed E-state index contributed by atoms with van der Waals surface area (Å²) in [7, 11) is -4.20. The van der Waals surface area contributed by atoms with Gasteiger partial charge in [0, 0.05) is 24.4 Å². The van der Waals surface area contributed by atoms with Gasteiger partial charge in [-0.05, 0) is 91.7 Å². The number of carbonyl (C=O) groups excluding carboxylic acids is 2. The van der Waals surface area contributed by atoms with E-state index >= 15 is 0 Å². The standard InChI is InChI=1S/C37H43N3O5S2/c1-5-24-38-37(42)35(25-29-13-8-7-9-14-29)39(26-30-15-11-10-12-28(30)3)36(41)27-40(31-16-18-32(19-17-31)45-6-2)47(43,44)34-22-20-33(46-4)21-23-34/h7-23,35H,5-6,24-27H2,1-4H3,(H,38,42)/t35-/m1/s1. The van der Waals surface area contributed by atoms with Crippen LogP contribution in [-0.4, -0.2) is 57.1 Å². The zero-order chi connectivity index (χ0) is 33.8. The van der Waals surface area contributed by atoms with Gasteiger partial charge in [-0.3, -0.25) is 13.9 Å². The Bertz CT molecular complexity index is 1710. The number of hydrogen-bond acceptors (Lipinski definition) is 6. The number of amides is 2. The van der Waals surface area contributed by atoms with E-state index < -0.39 is 28.5 Å². The molecule has 8 nitrogen and oxygen atoms in total. The van der Waals surface area contributed by atoms with Gasteiger partial charge in [0.2, 0.25) is 11.8 Å². The lowest BCUT2D eigenvalue weighted by Crippen LogP contribution is -2.53.